The Morgan fingerprint density at radius 3 is 2.45 bits per heavy atom. The van der Waals surface area contributed by atoms with Crippen molar-refractivity contribution in [1.82, 2.24) is 44.4 Å². The molecule has 1 aromatic carbocycles. The number of oxazole rings is 1. The zero-order valence-corrected chi connectivity index (χ0v) is 36.9. The number of imidazole rings is 1. The Hall–Kier alpha value is -5.75. The number of aryl methyl sites for hydroxylation is 2. The number of benzene rings is 1. The van der Waals surface area contributed by atoms with Crippen molar-refractivity contribution in [1.29, 1.82) is 0 Å². The van der Waals surface area contributed by atoms with Gasteiger partial charge in [-0.25, -0.2) is 23.5 Å². The summed E-state index contributed by atoms with van der Waals surface area (Å²) in [5.41, 5.74) is 2.59. The van der Waals surface area contributed by atoms with Gasteiger partial charge in [0.1, 0.15) is 18.1 Å². The van der Waals surface area contributed by atoms with Crippen LogP contribution in [-0.4, -0.2) is 90.8 Å². The third-order valence-corrected chi connectivity index (χ3v) is 13.9. The predicted octanol–water partition coefficient (Wildman–Crippen LogP) is 6.63. The van der Waals surface area contributed by atoms with Gasteiger partial charge in [-0.2, -0.15) is 5.10 Å². The molecule has 2 aliphatic heterocycles. The van der Waals surface area contributed by atoms with Crippen LogP contribution in [0, 0.1) is 17.8 Å². The van der Waals surface area contributed by atoms with Gasteiger partial charge in [-0.1, -0.05) is 12.1 Å². The number of rotatable bonds is 18. The van der Waals surface area contributed by atoms with Gasteiger partial charge in [0.25, 0.3) is 12.3 Å². The number of carbonyl (C=O) groups is 3. The number of hydrogen-bond acceptors (Lipinski definition) is 11. The van der Waals surface area contributed by atoms with Crippen molar-refractivity contribution in [3.63, 3.8) is 0 Å². The first-order valence-electron chi connectivity index (χ1n) is 23.4. The fraction of sp³-hybridized carbons (Fsp3) is 0.553. The molecule has 6 heterocycles. The molecular weight excluding hydrogens is 837 g/mol. The molecule has 65 heavy (non-hydrogen) atoms. The third-order valence-electron chi connectivity index (χ3n) is 13.9. The van der Waals surface area contributed by atoms with Gasteiger partial charge in [0, 0.05) is 38.0 Å². The Balaban J connectivity index is 0.680. The molecule has 1 unspecified atom stereocenters. The number of nitrogens with one attached hydrogen (secondary N) is 4. The summed E-state index contributed by atoms with van der Waals surface area (Å²) in [6.45, 7) is 5.96. The maximum absolute atomic E-state index is 14.2. The van der Waals surface area contributed by atoms with Crippen LogP contribution < -0.4 is 27.0 Å². The molecule has 0 radical (unpaired) electrons. The fourth-order valence-electron chi connectivity index (χ4n) is 9.90. The number of fused-ring (bicyclic) bond motifs is 1. The molecule has 3 amide bonds. The number of pyridine rings is 1. The lowest BCUT2D eigenvalue weighted by atomic mass is 9.86. The van der Waals surface area contributed by atoms with Crippen LogP contribution in [0.15, 0.2) is 58.2 Å². The minimum absolute atomic E-state index is 0.0209. The van der Waals surface area contributed by atoms with Crippen LogP contribution in [-0.2, 0) is 23.1 Å². The van der Waals surface area contributed by atoms with Crippen molar-refractivity contribution in [2.75, 3.05) is 49.9 Å². The van der Waals surface area contributed by atoms with Crippen LogP contribution in [0.4, 0.5) is 20.3 Å². The van der Waals surface area contributed by atoms with Crippen LogP contribution in [0.1, 0.15) is 117 Å². The number of carbonyl (C=O) groups excluding carboxylic acids is 3. The fourth-order valence-corrected chi connectivity index (χ4v) is 9.90. The van der Waals surface area contributed by atoms with Gasteiger partial charge in [-0.15, -0.1) is 0 Å². The molecule has 5 aromatic rings. The van der Waals surface area contributed by atoms with Gasteiger partial charge in [-0.3, -0.25) is 33.5 Å². The van der Waals surface area contributed by atoms with Crippen molar-refractivity contribution >= 4 is 40.3 Å². The molecule has 2 saturated heterocycles. The van der Waals surface area contributed by atoms with Gasteiger partial charge < -0.3 is 25.3 Å². The Morgan fingerprint density at radius 2 is 1.69 bits per heavy atom. The van der Waals surface area contributed by atoms with Crippen molar-refractivity contribution in [2.45, 2.75) is 102 Å². The minimum atomic E-state index is -2.86. The number of anilines is 2. The van der Waals surface area contributed by atoms with Crippen molar-refractivity contribution in [3.8, 4) is 11.5 Å². The summed E-state index contributed by atoms with van der Waals surface area (Å²) in [5.74, 6) is 1.37. The molecule has 346 valence electrons. The molecule has 4 N–H and O–H groups in total. The summed E-state index contributed by atoms with van der Waals surface area (Å²) < 4.78 is 38.7. The van der Waals surface area contributed by atoms with Gasteiger partial charge in [-0.05, 0) is 151 Å². The number of likely N-dealkylation sites (tertiary alicyclic amines) is 1. The third kappa shape index (κ3) is 10.4. The molecular formula is C47H59F2N11O5. The van der Waals surface area contributed by atoms with Gasteiger partial charge in [0.05, 0.1) is 22.8 Å². The van der Waals surface area contributed by atoms with E-state index in [0.717, 1.165) is 114 Å². The molecule has 18 heteroatoms. The number of alkyl halides is 2. The lowest BCUT2D eigenvalue weighted by molar-refractivity contribution is -0.135. The van der Waals surface area contributed by atoms with Crippen molar-refractivity contribution in [2.24, 2.45) is 24.8 Å². The average molecular weight is 896 g/mol. The second kappa shape index (κ2) is 19.8. The molecule has 16 nitrogen and oxygen atoms in total. The van der Waals surface area contributed by atoms with E-state index < -0.39 is 30.0 Å². The second-order valence-electron chi connectivity index (χ2n) is 18.5. The lowest BCUT2D eigenvalue weighted by Crippen LogP contribution is -2.44. The summed E-state index contributed by atoms with van der Waals surface area (Å²) in [4.78, 5) is 62.0. The van der Waals surface area contributed by atoms with E-state index in [1.807, 2.05) is 18.2 Å². The van der Waals surface area contributed by atoms with Crippen LogP contribution in [0.3, 0.4) is 0 Å². The average Bonchev–Trinajstić information content (AvgIpc) is 3.71. The highest BCUT2D eigenvalue weighted by Crippen LogP contribution is 2.35. The number of hydrogen-bond donors (Lipinski definition) is 4. The number of unbranched alkanes of at least 4 members (excludes halogenated alkanes) is 1. The molecule has 0 bridgehead atoms. The molecule has 2 aliphatic carbocycles. The molecule has 9 rings (SSSR count). The van der Waals surface area contributed by atoms with Crippen LogP contribution in [0.2, 0.25) is 0 Å². The minimum Gasteiger partial charge on any atom is -0.444 e. The van der Waals surface area contributed by atoms with Gasteiger partial charge in [0.15, 0.2) is 11.4 Å². The molecule has 1 atom stereocenters. The number of nitrogens with zero attached hydrogens (tertiary/aromatic N) is 7. The Bertz CT molecular complexity index is 2550. The number of aromatic nitrogens is 6. The number of imide groups is 1. The quantitative estimate of drug-likeness (QED) is 0.0547. The summed E-state index contributed by atoms with van der Waals surface area (Å²) in [6.07, 6.45) is 13.3. The highest BCUT2D eigenvalue weighted by molar-refractivity contribution is 6.03. The first-order valence-corrected chi connectivity index (χ1v) is 23.4. The van der Waals surface area contributed by atoms with E-state index >= 15 is 0 Å². The van der Waals surface area contributed by atoms with E-state index in [2.05, 4.69) is 47.3 Å². The summed E-state index contributed by atoms with van der Waals surface area (Å²) in [6, 6.07) is 8.73. The van der Waals surface area contributed by atoms with E-state index in [-0.39, 0.29) is 41.3 Å². The summed E-state index contributed by atoms with van der Waals surface area (Å²) in [7, 11) is 1.75. The van der Waals surface area contributed by atoms with Crippen LogP contribution in [0.5, 0.6) is 0 Å². The largest absolute Gasteiger partial charge is 0.444 e. The Labute approximate surface area is 375 Å². The number of para-hydroxylation sites is 1. The number of halogens is 2. The maximum Gasteiger partial charge on any atom is 0.329 e. The van der Waals surface area contributed by atoms with Crippen LogP contribution in [0.25, 0.3) is 22.5 Å². The van der Waals surface area contributed by atoms with E-state index in [0.29, 0.717) is 35.6 Å². The molecule has 4 aliphatic rings. The number of piperidine rings is 2. The second-order valence-corrected chi connectivity index (χ2v) is 18.5. The van der Waals surface area contributed by atoms with E-state index in [1.165, 1.54) is 25.3 Å². The lowest BCUT2D eigenvalue weighted by Gasteiger charge is -2.33. The predicted molar refractivity (Wildman–Crippen MR) is 241 cm³/mol. The Morgan fingerprint density at radius 1 is 0.938 bits per heavy atom. The van der Waals surface area contributed by atoms with E-state index in [1.54, 1.807) is 33.1 Å². The SMILES string of the molecule is Cn1c(=O)n(C2CCC(=O)NC2=O)c2cccc(CCCCN3CCC(CNCC4CCC(n5cc(NC(=O)c6coc(-c7ccnc(NCC8CC8)c7)n6)c(C(F)F)n5)CC4)CC3)c21. The number of amides is 3. The summed E-state index contributed by atoms with van der Waals surface area (Å²) in [5, 5.41) is 16.3. The summed E-state index contributed by atoms with van der Waals surface area (Å²) >= 11 is 0. The molecule has 0 spiro atoms. The molecule has 4 aromatic heterocycles. The van der Waals surface area contributed by atoms with Gasteiger partial charge >= 0.3 is 5.69 Å². The van der Waals surface area contributed by atoms with Crippen molar-refractivity contribution in [3.05, 3.63) is 76.4 Å². The van der Waals surface area contributed by atoms with E-state index in [9.17, 15) is 28.0 Å². The topological polar surface area (TPSA) is 186 Å². The monoisotopic (exact) mass is 895 g/mol. The first-order chi connectivity index (χ1) is 31.6. The smallest absolute Gasteiger partial charge is 0.329 e. The highest BCUT2D eigenvalue weighted by atomic mass is 19.3. The standard InChI is InChI=1S/C47H59F2N11O5/c1-57-42-32(6-4-7-37(42)60(47(57)64)38-14-15-40(61)55-45(38)63)5-2-3-20-58-21-17-31(18-22-58)25-50-24-29-10-12-34(13-11-29)59-27-35(41(56-59)43(48)49)53-44(62)36-28-65-46(54-36)33-16-19-51-39(23-33)52-26-30-8-9-30/h4,6-7,16,19,23,27-31,34,38,43,50H,2-3,5,8-15,17-18,20-22,24-26H2,1H3,(H,51,52)(H,53,62)(H,55,61,63). The zero-order chi connectivity index (χ0) is 45.0. The Kier molecular flexibility index (Phi) is 13.5. The van der Waals surface area contributed by atoms with E-state index in [4.69, 9.17) is 4.42 Å². The van der Waals surface area contributed by atoms with Crippen LogP contribution >= 0.6 is 0 Å². The zero-order valence-electron chi connectivity index (χ0n) is 36.9. The first kappa shape index (κ1) is 44.5. The molecule has 4 fully saturated rings. The van der Waals surface area contributed by atoms with Gasteiger partial charge in [0.2, 0.25) is 17.7 Å². The van der Waals surface area contributed by atoms with Crippen molar-refractivity contribution < 1.29 is 27.6 Å². The normalized spacial score (nSPS) is 21.0. The highest BCUT2D eigenvalue weighted by Gasteiger charge is 2.32. The molecule has 2 saturated carbocycles. The maximum atomic E-state index is 14.2.